The number of hydrogen-bond donors (Lipinski definition) is 0. The fourth-order valence-electron chi connectivity index (χ4n) is 2.44. The number of carbonyl (C=O) groups excluding carboxylic acids is 1. The Morgan fingerprint density at radius 2 is 2.00 bits per heavy atom. The molecule has 1 aromatic rings. The van der Waals surface area contributed by atoms with Crippen LogP contribution in [0.25, 0.3) is 0 Å². The summed E-state index contributed by atoms with van der Waals surface area (Å²) in [7, 11) is 1.54. The molecule has 0 N–H and O–H groups in total. The first-order valence-corrected chi connectivity index (χ1v) is 7.09. The number of ether oxygens (including phenoxy) is 1. The number of benzene rings is 1. The lowest BCUT2D eigenvalue weighted by Gasteiger charge is -2.32. The number of methoxy groups -OCH3 is 1. The number of piperidine rings is 1. The molecule has 0 atom stereocenters. The van der Waals surface area contributed by atoms with Gasteiger partial charge < -0.3 is 9.64 Å². The summed E-state index contributed by atoms with van der Waals surface area (Å²) in [5.74, 6) is 0.511. The summed E-state index contributed by atoms with van der Waals surface area (Å²) in [5.41, 5.74) is 1.20. The molecular formula is C14H17Cl2NO2. The van der Waals surface area contributed by atoms with Crippen molar-refractivity contribution < 1.29 is 9.53 Å². The minimum atomic E-state index is 0.0649. The minimum absolute atomic E-state index is 0.0649. The lowest BCUT2D eigenvalue weighted by atomic mass is 9.89. The van der Waals surface area contributed by atoms with Crippen LogP contribution in [0.5, 0.6) is 0 Å². The highest BCUT2D eigenvalue weighted by Gasteiger charge is 2.23. The fourth-order valence-corrected chi connectivity index (χ4v) is 2.75. The van der Waals surface area contributed by atoms with Gasteiger partial charge in [0.15, 0.2) is 0 Å². The number of hydrogen-bond acceptors (Lipinski definition) is 2. The molecule has 104 valence electrons. The van der Waals surface area contributed by atoms with Crippen LogP contribution in [0.3, 0.4) is 0 Å². The number of nitrogens with zero attached hydrogens (tertiary/aromatic N) is 1. The van der Waals surface area contributed by atoms with Gasteiger partial charge in [0.1, 0.15) is 6.61 Å². The molecule has 1 aliphatic rings. The molecule has 1 saturated heterocycles. The van der Waals surface area contributed by atoms with Gasteiger partial charge in [-0.3, -0.25) is 4.79 Å². The topological polar surface area (TPSA) is 29.5 Å². The van der Waals surface area contributed by atoms with Crippen molar-refractivity contribution in [2.24, 2.45) is 0 Å². The molecule has 2 rings (SSSR count). The van der Waals surface area contributed by atoms with E-state index in [1.54, 1.807) is 7.11 Å². The molecule has 0 unspecified atom stereocenters. The van der Waals surface area contributed by atoms with Gasteiger partial charge in [0.05, 0.1) is 10.0 Å². The standard InChI is InChI=1S/C14H17Cl2NO2/c1-19-9-14(18)17-6-4-10(5-7-17)11-2-3-12(15)13(16)8-11/h2-3,8,10H,4-7,9H2,1H3. The van der Waals surface area contributed by atoms with Gasteiger partial charge in [-0.05, 0) is 36.5 Å². The Morgan fingerprint density at radius 3 is 2.58 bits per heavy atom. The molecule has 0 saturated carbocycles. The van der Waals surface area contributed by atoms with Crippen molar-refractivity contribution in [3.63, 3.8) is 0 Å². The zero-order valence-corrected chi connectivity index (χ0v) is 12.4. The molecule has 19 heavy (non-hydrogen) atoms. The largest absolute Gasteiger partial charge is 0.375 e. The van der Waals surface area contributed by atoms with Gasteiger partial charge >= 0.3 is 0 Å². The summed E-state index contributed by atoms with van der Waals surface area (Å²) in [6.07, 6.45) is 1.90. The van der Waals surface area contributed by atoms with E-state index < -0.39 is 0 Å². The summed E-state index contributed by atoms with van der Waals surface area (Å²) in [4.78, 5) is 13.6. The van der Waals surface area contributed by atoms with Gasteiger partial charge in [-0.25, -0.2) is 0 Å². The van der Waals surface area contributed by atoms with E-state index in [9.17, 15) is 4.79 Å². The molecule has 3 nitrogen and oxygen atoms in total. The van der Waals surface area contributed by atoms with Crippen molar-refractivity contribution in [1.82, 2.24) is 4.90 Å². The van der Waals surface area contributed by atoms with Crippen molar-refractivity contribution in [2.45, 2.75) is 18.8 Å². The highest BCUT2D eigenvalue weighted by molar-refractivity contribution is 6.42. The first kappa shape index (κ1) is 14.6. The zero-order valence-electron chi connectivity index (χ0n) is 10.9. The SMILES string of the molecule is COCC(=O)N1CCC(c2ccc(Cl)c(Cl)c2)CC1. The molecule has 0 aromatic heterocycles. The molecule has 1 amide bonds. The van der Waals surface area contributed by atoms with Gasteiger partial charge in [0.2, 0.25) is 5.91 Å². The Morgan fingerprint density at radius 1 is 1.32 bits per heavy atom. The second kappa shape index (κ2) is 6.60. The molecule has 1 aliphatic heterocycles. The third-order valence-electron chi connectivity index (χ3n) is 3.53. The molecule has 1 aromatic carbocycles. The molecule has 0 aliphatic carbocycles. The van der Waals surface area contributed by atoms with Crippen molar-refractivity contribution in [3.8, 4) is 0 Å². The van der Waals surface area contributed by atoms with Crippen LogP contribution in [-0.2, 0) is 9.53 Å². The van der Waals surface area contributed by atoms with Gasteiger partial charge in [-0.2, -0.15) is 0 Å². The Bertz CT molecular complexity index is 457. The average molecular weight is 302 g/mol. The molecular weight excluding hydrogens is 285 g/mol. The molecule has 0 spiro atoms. The van der Waals surface area contributed by atoms with E-state index in [1.165, 1.54) is 5.56 Å². The second-order valence-electron chi connectivity index (χ2n) is 4.76. The number of halogens is 2. The number of rotatable bonds is 3. The quantitative estimate of drug-likeness (QED) is 0.857. The molecule has 5 heteroatoms. The Balaban J connectivity index is 1.96. The predicted molar refractivity (Wildman–Crippen MR) is 76.9 cm³/mol. The lowest BCUT2D eigenvalue weighted by Crippen LogP contribution is -2.39. The molecule has 0 bridgehead atoms. The third kappa shape index (κ3) is 3.62. The van der Waals surface area contributed by atoms with E-state index in [4.69, 9.17) is 27.9 Å². The average Bonchev–Trinajstić information content (AvgIpc) is 2.42. The number of amides is 1. The van der Waals surface area contributed by atoms with Crippen LogP contribution in [0.2, 0.25) is 10.0 Å². The van der Waals surface area contributed by atoms with Gasteiger partial charge in [0, 0.05) is 20.2 Å². The first-order chi connectivity index (χ1) is 9.11. The molecule has 0 radical (unpaired) electrons. The van der Waals surface area contributed by atoms with E-state index in [0.29, 0.717) is 16.0 Å². The molecule has 1 heterocycles. The number of carbonyl (C=O) groups is 1. The van der Waals surface area contributed by atoms with Crippen molar-refractivity contribution in [1.29, 1.82) is 0 Å². The maximum atomic E-state index is 11.7. The van der Waals surface area contributed by atoms with Crippen LogP contribution < -0.4 is 0 Å². The Kier molecular flexibility index (Phi) is 5.08. The highest BCUT2D eigenvalue weighted by Crippen LogP contribution is 2.32. The van der Waals surface area contributed by atoms with Crippen molar-refractivity contribution in [3.05, 3.63) is 33.8 Å². The van der Waals surface area contributed by atoms with Crippen LogP contribution >= 0.6 is 23.2 Å². The fraction of sp³-hybridized carbons (Fsp3) is 0.500. The highest BCUT2D eigenvalue weighted by atomic mass is 35.5. The smallest absolute Gasteiger partial charge is 0.248 e. The number of likely N-dealkylation sites (tertiary alicyclic amines) is 1. The Labute approximate surface area is 123 Å². The van der Waals surface area contributed by atoms with Gasteiger partial charge in [0.25, 0.3) is 0 Å². The van der Waals surface area contributed by atoms with E-state index in [2.05, 4.69) is 0 Å². The van der Waals surface area contributed by atoms with E-state index in [-0.39, 0.29) is 12.5 Å². The molecule has 1 fully saturated rings. The summed E-state index contributed by atoms with van der Waals surface area (Å²) in [6, 6.07) is 5.79. The monoisotopic (exact) mass is 301 g/mol. The Hall–Kier alpha value is -0.770. The summed E-state index contributed by atoms with van der Waals surface area (Å²) in [5, 5.41) is 1.18. The van der Waals surface area contributed by atoms with Gasteiger partial charge in [-0.1, -0.05) is 29.3 Å². The lowest BCUT2D eigenvalue weighted by molar-refractivity contribution is -0.136. The van der Waals surface area contributed by atoms with Crippen LogP contribution in [0.4, 0.5) is 0 Å². The summed E-state index contributed by atoms with van der Waals surface area (Å²) >= 11 is 12.0. The minimum Gasteiger partial charge on any atom is -0.375 e. The third-order valence-corrected chi connectivity index (χ3v) is 4.27. The van der Waals surface area contributed by atoms with Crippen LogP contribution in [0.15, 0.2) is 18.2 Å². The maximum absolute atomic E-state index is 11.7. The van der Waals surface area contributed by atoms with Gasteiger partial charge in [-0.15, -0.1) is 0 Å². The predicted octanol–water partition coefficient (Wildman–Crippen LogP) is 3.35. The summed E-state index contributed by atoms with van der Waals surface area (Å²) in [6.45, 7) is 1.71. The van der Waals surface area contributed by atoms with Crippen LogP contribution in [0, 0.1) is 0 Å². The summed E-state index contributed by atoms with van der Waals surface area (Å²) < 4.78 is 4.87. The van der Waals surface area contributed by atoms with Crippen molar-refractivity contribution in [2.75, 3.05) is 26.8 Å². The van der Waals surface area contributed by atoms with E-state index in [1.807, 2.05) is 23.1 Å². The van der Waals surface area contributed by atoms with E-state index >= 15 is 0 Å². The van der Waals surface area contributed by atoms with E-state index in [0.717, 1.165) is 25.9 Å². The van der Waals surface area contributed by atoms with Crippen molar-refractivity contribution >= 4 is 29.1 Å². The van der Waals surface area contributed by atoms with Crippen LogP contribution in [0.1, 0.15) is 24.3 Å². The zero-order chi connectivity index (χ0) is 13.8. The first-order valence-electron chi connectivity index (χ1n) is 6.33. The van der Waals surface area contributed by atoms with Crippen LogP contribution in [-0.4, -0.2) is 37.6 Å². The second-order valence-corrected chi connectivity index (χ2v) is 5.58. The maximum Gasteiger partial charge on any atom is 0.248 e. The normalized spacial score (nSPS) is 16.7.